The third-order valence-corrected chi connectivity index (χ3v) is 3.71. The summed E-state index contributed by atoms with van der Waals surface area (Å²) in [6.45, 7) is 1.78. The Balaban J connectivity index is 1.45. The van der Waals surface area contributed by atoms with Crippen molar-refractivity contribution in [1.82, 2.24) is 10.3 Å². The molecule has 3 N–H and O–H groups in total. The highest BCUT2D eigenvalue weighted by Gasteiger charge is 2.01. The zero-order valence-corrected chi connectivity index (χ0v) is 12.4. The molecule has 0 bridgehead atoms. The number of aromatic amines is 1. The van der Waals surface area contributed by atoms with Gasteiger partial charge in [-0.2, -0.15) is 0 Å². The van der Waals surface area contributed by atoms with Crippen molar-refractivity contribution in [3.63, 3.8) is 0 Å². The highest BCUT2D eigenvalue weighted by Crippen LogP contribution is 2.17. The Labute approximate surface area is 130 Å². The van der Waals surface area contributed by atoms with Gasteiger partial charge in [-0.15, -0.1) is 0 Å². The van der Waals surface area contributed by atoms with Gasteiger partial charge in [0.2, 0.25) is 0 Å². The van der Waals surface area contributed by atoms with Gasteiger partial charge in [0, 0.05) is 23.6 Å². The average Bonchev–Trinajstić information content (AvgIpc) is 2.96. The second-order valence-corrected chi connectivity index (χ2v) is 5.31. The second-order valence-electron chi connectivity index (χ2n) is 5.31. The van der Waals surface area contributed by atoms with Crippen LogP contribution in [0.2, 0.25) is 0 Å². The first-order valence-electron chi connectivity index (χ1n) is 7.54. The second kappa shape index (κ2) is 6.96. The molecular formula is C19H20N2O. The third kappa shape index (κ3) is 3.57. The van der Waals surface area contributed by atoms with Crippen molar-refractivity contribution in [1.29, 1.82) is 0 Å². The van der Waals surface area contributed by atoms with Crippen molar-refractivity contribution in [3.05, 3.63) is 71.9 Å². The van der Waals surface area contributed by atoms with Crippen molar-refractivity contribution in [2.24, 2.45) is 0 Å². The molecule has 0 atom stereocenters. The molecule has 112 valence electrons. The minimum atomic E-state index is 0.300. The molecule has 0 saturated heterocycles. The highest BCUT2D eigenvalue weighted by molar-refractivity contribution is 5.83. The number of nitrogens with one attached hydrogen (secondary N) is 2. The molecule has 1 heterocycles. The van der Waals surface area contributed by atoms with E-state index >= 15 is 0 Å². The molecule has 22 heavy (non-hydrogen) atoms. The van der Waals surface area contributed by atoms with Gasteiger partial charge in [0.1, 0.15) is 5.75 Å². The first-order valence-corrected chi connectivity index (χ1v) is 7.54. The van der Waals surface area contributed by atoms with E-state index in [9.17, 15) is 5.11 Å². The summed E-state index contributed by atoms with van der Waals surface area (Å²) in [6, 6.07) is 15.6. The van der Waals surface area contributed by atoms with Crippen molar-refractivity contribution in [2.45, 2.75) is 6.42 Å². The summed E-state index contributed by atoms with van der Waals surface area (Å²) in [7, 11) is 0. The number of benzene rings is 2. The molecule has 3 aromatic rings. The van der Waals surface area contributed by atoms with Crippen LogP contribution < -0.4 is 5.32 Å². The van der Waals surface area contributed by atoms with Gasteiger partial charge in [-0.3, -0.25) is 0 Å². The van der Waals surface area contributed by atoms with E-state index in [-0.39, 0.29) is 0 Å². The average molecular weight is 292 g/mol. The first kappa shape index (κ1) is 14.4. The van der Waals surface area contributed by atoms with E-state index in [4.69, 9.17) is 0 Å². The number of aromatic nitrogens is 1. The number of phenols is 1. The minimum absolute atomic E-state index is 0.300. The van der Waals surface area contributed by atoms with E-state index in [0.29, 0.717) is 5.75 Å². The standard InChI is InChI=1S/C19H20N2O/c22-17-9-7-15(8-10-17)4-3-12-20-13-11-16-14-21-19-6-2-1-5-18(16)19/h1-10,14,20-22H,11-13H2/b4-3+. The summed E-state index contributed by atoms with van der Waals surface area (Å²) in [5, 5.41) is 14.0. The molecule has 0 aliphatic heterocycles. The molecule has 1 aromatic heterocycles. The van der Waals surface area contributed by atoms with Crippen LogP contribution in [0.3, 0.4) is 0 Å². The topological polar surface area (TPSA) is 48.0 Å². The molecule has 0 unspecified atom stereocenters. The summed E-state index contributed by atoms with van der Waals surface area (Å²) in [5.74, 6) is 0.300. The Bertz CT molecular complexity index is 756. The van der Waals surface area contributed by atoms with Crippen molar-refractivity contribution >= 4 is 17.0 Å². The maximum absolute atomic E-state index is 9.22. The maximum Gasteiger partial charge on any atom is 0.115 e. The molecule has 3 heteroatoms. The largest absolute Gasteiger partial charge is 0.508 e. The van der Waals surface area contributed by atoms with E-state index in [1.165, 1.54) is 16.5 Å². The van der Waals surface area contributed by atoms with Crippen LogP contribution in [0.4, 0.5) is 0 Å². The number of fused-ring (bicyclic) bond motifs is 1. The van der Waals surface area contributed by atoms with Crippen molar-refractivity contribution in [2.75, 3.05) is 13.1 Å². The normalized spacial score (nSPS) is 11.5. The van der Waals surface area contributed by atoms with Crippen LogP contribution in [0.25, 0.3) is 17.0 Å². The lowest BCUT2D eigenvalue weighted by Crippen LogP contribution is -2.16. The van der Waals surface area contributed by atoms with E-state index in [1.54, 1.807) is 12.1 Å². The smallest absolute Gasteiger partial charge is 0.115 e. The lowest BCUT2D eigenvalue weighted by molar-refractivity contribution is 0.475. The summed E-state index contributed by atoms with van der Waals surface area (Å²) < 4.78 is 0. The maximum atomic E-state index is 9.22. The molecular weight excluding hydrogens is 272 g/mol. The fourth-order valence-corrected chi connectivity index (χ4v) is 2.53. The third-order valence-electron chi connectivity index (χ3n) is 3.71. The van der Waals surface area contributed by atoms with E-state index in [1.807, 2.05) is 12.1 Å². The monoisotopic (exact) mass is 292 g/mol. The van der Waals surface area contributed by atoms with Gasteiger partial charge in [0.25, 0.3) is 0 Å². The highest BCUT2D eigenvalue weighted by atomic mass is 16.3. The van der Waals surface area contributed by atoms with Crippen LogP contribution in [0.5, 0.6) is 5.75 Å². The number of H-pyrrole nitrogens is 1. The molecule has 0 radical (unpaired) electrons. The van der Waals surface area contributed by atoms with E-state index in [0.717, 1.165) is 25.1 Å². The predicted octanol–water partition coefficient (Wildman–Crippen LogP) is 3.72. The fourth-order valence-electron chi connectivity index (χ4n) is 2.53. The van der Waals surface area contributed by atoms with Crippen molar-refractivity contribution in [3.8, 4) is 5.75 Å². The quantitative estimate of drug-likeness (QED) is 0.606. The van der Waals surface area contributed by atoms with Crippen LogP contribution in [0, 0.1) is 0 Å². The zero-order chi connectivity index (χ0) is 15.2. The molecule has 0 amide bonds. The minimum Gasteiger partial charge on any atom is -0.508 e. The number of phenolic OH excluding ortho intramolecular Hbond substituents is 1. The number of hydrogen-bond donors (Lipinski definition) is 3. The van der Waals surface area contributed by atoms with Gasteiger partial charge >= 0.3 is 0 Å². The zero-order valence-electron chi connectivity index (χ0n) is 12.4. The lowest BCUT2D eigenvalue weighted by atomic mass is 10.1. The molecule has 0 saturated carbocycles. The number of aromatic hydroxyl groups is 1. The Kier molecular flexibility index (Phi) is 4.56. The van der Waals surface area contributed by atoms with Gasteiger partial charge in [-0.1, -0.05) is 42.5 Å². The number of para-hydroxylation sites is 1. The van der Waals surface area contributed by atoms with Gasteiger partial charge in [0.15, 0.2) is 0 Å². The number of hydrogen-bond acceptors (Lipinski definition) is 2. The summed E-state index contributed by atoms with van der Waals surface area (Å²) in [5.41, 5.74) is 3.64. The molecule has 0 aliphatic carbocycles. The van der Waals surface area contributed by atoms with Gasteiger partial charge in [-0.25, -0.2) is 0 Å². The van der Waals surface area contributed by atoms with Crippen LogP contribution in [-0.4, -0.2) is 23.2 Å². The molecule has 0 spiro atoms. The SMILES string of the molecule is Oc1ccc(/C=C/CNCCc2c[nH]c3ccccc23)cc1. The Morgan fingerprint density at radius 3 is 2.73 bits per heavy atom. The van der Waals surface area contributed by atoms with Crippen LogP contribution in [0.1, 0.15) is 11.1 Å². The first-order chi connectivity index (χ1) is 10.8. The summed E-state index contributed by atoms with van der Waals surface area (Å²) >= 11 is 0. The van der Waals surface area contributed by atoms with Gasteiger partial charge in [-0.05, 0) is 42.3 Å². The fraction of sp³-hybridized carbons (Fsp3) is 0.158. The molecule has 0 aliphatic rings. The van der Waals surface area contributed by atoms with E-state index < -0.39 is 0 Å². The van der Waals surface area contributed by atoms with Gasteiger partial charge in [0.05, 0.1) is 0 Å². The van der Waals surface area contributed by atoms with Crippen LogP contribution in [-0.2, 0) is 6.42 Å². The lowest BCUT2D eigenvalue weighted by Gasteiger charge is -2.01. The van der Waals surface area contributed by atoms with E-state index in [2.05, 4.69) is 52.9 Å². The van der Waals surface area contributed by atoms with Crippen LogP contribution >= 0.6 is 0 Å². The van der Waals surface area contributed by atoms with Crippen LogP contribution in [0.15, 0.2) is 60.8 Å². The molecule has 3 nitrogen and oxygen atoms in total. The Morgan fingerprint density at radius 2 is 1.86 bits per heavy atom. The van der Waals surface area contributed by atoms with Crippen molar-refractivity contribution < 1.29 is 5.11 Å². The summed E-state index contributed by atoms with van der Waals surface area (Å²) in [4.78, 5) is 3.30. The molecule has 0 fully saturated rings. The molecule has 2 aromatic carbocycles. The van der Waals surface area contributed by atoms with Gasteiger partial charge < -0.3 is 15.4 Å². The number of rotatable bonds is 6. The molecule has 3 rings (SSSR count). The Morgan fingerprint density at radius 1 is 1.05 bits per heavy atom. The predicted molar refractivity (Wildman–Crippen MR) is 92.0 cm³/mol. The Hall–Kier alpha value is -2.52. The summed E-state index contributed by atoms with van der Waals surface area (Å²) in [6.07, 6.45) is 7.26.